The van der Waals surface area contributed by atoms with Crippen molar-refractivity contribution in [1.29, 1.82) is 0 Å². The second-order valence-corrected chi connectivity index (χ2v) is 8.23. The lowest BCUT2D eigenvalue weighted by atomic mass is 9.80. The van der Waals surface area contributed by atoms with Crippen molar-refractivity contribution < 1.29 is 19.0 Å². The Labute approximate surface area is 212 Å². The summed E-state index contributed by atoms with van der Waals surface area (Å²) >= 11 is 0. The molecule has 0 unspecified atom stereocenters. The van der Waals surface area contributed by atoms with Gasteiger partial charge in [0.2, 0.25) is 0 Å². The quantitative estimate of drug-likeness (QED) is 0.201. The van der Waals surface area contributed by atoms with Gasteiger partial charge in [-0.25, -0.2) is 4.79 Å². The molecule has 0 bridgehead atoms. The molecule has 184 valence electrons. The van der Waals surface area contributed by atoms with E-state index >= 15 is 0 Å². The summed E-state index contributed by atoms with van der Waals surface area (Å²) in [4.78, 5) is 11.9. The van der Waals surface area contributed by atoms with Gasteiger partial charge in [-0.05, 0) is 22.3 Å². The molecular formula is C31H31NO4. The van der Waals surface area contributed by atoms with E-state index in [0.717, 1.165) is 22.3 Å². The molecule has 4 aromatic carbocycles. The first kappa shape index (κ1) is 25.2. The van der Waals surface area contributed by atoms with Gasteiger partial charge in [-0.3, -0.25) is 0 Å². The van der Waals surface area contributed by atoms with Crippen molar-refractivity contribution in [2.24, 2.45) is 0 Å². The molecule has 0 fully saturated rings. The number of amides is 1. The van der Waals surface area contributed by atoms with Gasteiger partial charge < -0.3 is 19.5 Å². The zero-order chi connectivity index (χ0) is 24.9. The van der Waals surface area contributed by atoms with E-state index in [2.05, 4.69) is 41.7 Å². The van der Waals surface area contributed by atoms with Crippen molar-refractivity contribution in [3.63, 3.8) is 0 Å². The molecule has 0 aliphatic carbocycles. The molecule has 0 aliphatic rings. The first-order chi connectivity index (χ1) is 17.8. The summed E-state index contributed by atoms with van der Waals surface area (Å²) in [7, 11) is 0. The van der Waals surface area contributed by atoms with Crippen LogP contribution < -0.4 is 5.32 Å². The van der Waals surface area contributed by atoms with Crippen molar-refractivity contribution >= 4 is 6.09 Å². The van der Waals surface area contributed by atoms with E-state index in [9.17, 15) is 4.79 Å². The molecule has 4 rings (SSSR count). The Morgan fingerprint density at radius 3 is 1.58 bits per heavy atom. The molecule has 4 aromatic rings. The van der Waals surface area contributed by atoms with Crippen LogP contribution in [0.1, 0.15) is 22.3 Å². The Hall–Kier alpha value is -3.93. The van der Waals surface area contributed by atoms with Crippen LogP contribution >= 0.6 is 0 Å². The summed E-state index contributed by atoms with van der Waals surface area (Å²) < 4.78 is 17.6. The fraction of sp³-hybridized carbons (Fsp3) is 0.194. The van der Waals surface area contributed by atoms with Gasteiger partial charge in [0.25, 0.3) is 0 Å². The van der Waals surface area contributed by atoms with Gasteiger partial charge >= 0.3 is 6.09 Å². The maximum absolute atomic E-state index is 11.9. The van der Waals surface area contributed by atoms with Gasteiger partial charge in [-0.1, -0.05) is 121 Å². The maximum atomic E-state index is 11.9. The van der Waals surface area contributed by atoms with Gasteiger partial charge in [0.05, 0.1) is 19.8 Å². The van der Waals surface area contributed by atoms with E-state index in [4.69, 9.17) is 14.2 Å². The Morgan fingerprint density at radius 2 is 1.08 bits per heavy atom. The van der Waals surface area contributed by atoms with Crippen LogP contribution in [0.25, 0.3) is 0 Å². The van der Waals surface area contributed by atoms with Gasteiger partial charge in [-0.15, -0.1) is 0 Å². The smallest absolute Gasteiger partial charge is 0.407 e. The lowest BCUT2D eigenvalue weighted by molar-refractivity contribution is -0.0231. The number of alkyl carbamates (subject to hydrolysis) is 1. The Kier molecular flexibility index (Phi) is 9.26. The highest BCUT2D eigenvalue weighted by molar-refractivity contribution is 5.67. The van der Waals surface area contributed by atoms with Crippen molar-refractivity contribution in [1.82, 2.24) is 5.32 Å². The summed E-state index contributed by atoms with van der Waals surface area (Å²) in [6, 6.07) is 40.3. The predicted molar refractivity (Wildman–Crippen MR) is 141 cm³/mol. The number of ether oxygens (including phenoxy) is 3. The maximum Gasteiger partial charge on any atom is 0.407 e. The highest BCUT2D eigenvalue weighted by Crippen LogP contribution is 2.40. The van der Waals surface area contributed by atoms with E-state index < -0.39 is 11.7 Å². The zero-order valence-electron chi connectivity index (χ0n) is 20.2. The molecule has 0 radical (unpaired) electrons. The molecule has 0 spiro atoms. The number of carbonyl (C=O) groups excluding carboxylic acids is 1. The van der Waals surface area contributed by atoms with Crippen LogP contribution in [0.15, 0.2) is 121 Å². The van der Waals surface area contributed by atoms with E-state index in [-0.39, 0.29) is 6.61 Å². The Morgan fingerprint density at radius 1 is 0.611 bits per heavy atom. The summed E-state index contributed by atoms with van der Waals surface area (Å²) in [5.74, 6) is 0. The van der Waals surface area contributed by atoms with Crippen LogP contribution in [0.4, 0.5) is 4.79 Å². The van der Waals surface area contributed by atoms with Crippen molar-refractivity contribution in [2.45, 2.75) is 12.2 Å². The molecule has 5 heteroatoms. The van der Waals surface area contributed by atoms with E-state index in [1.54, 1.807) is 0 Å². The third kappa shape index (κ3) is 6.60. The van der Waals surface area contributed by atoms with Crippen LogP contribution in [0.3, 0.4) is 0 Å². The lowest BCUT2D eigenvalue weighted by Gasteiger charge is -2.36. The molecule has 0 heterocycles. The molecule has 0 saturated carbocycles. The molecule has 0 aliphatic heterocycles. The van der Waals surface area contributed by atoms with Gasteiger partial charge in [-0.2, -0.15) is 0 Å². The van der Waals surface area contributed by atoms with E-state index in [1.807, 2.05) is 84.9 Å². The molecule has 36 heavy (non-hydrogen) atoms. The molecule has 1 amide bonds. The van der Waals surface area contributed by atoms with Crippen molar-refractivity contribution in [3.8, 4) is 0 Å². The first-order valence-electron chi connectivity index (χ1n) is 12.1. The number of hydrogen-bond acceptors (Lipinski definition) is 4. The van der Waals surface area contributed by atoms with Gasteiger partial charge in [0.15, 0.2) is 0 Å². The summed E-state index contributed by atoms with van der Waals surface area (Å²) in [6.45, 7) is 1.71. The van der Waals surface area contributed by atoms with Crippen LogP contribution in [0, 0.1) is 0 Å². The molecule has 0 saturated heterocycles. The number of carbonyl (C=O) groups is 1. The molecular weight excluding hydrogens is 450 g/mol. The number of benzene rings is 4. The first-order valence-corrected chi connectivity index (χ1v) is 12.1. The zero-order valence-corrected chi connectivity index (χ0v) is 20.2. The Bertz CT molecular complexity index is 1070. The topological polar surface area (TPSA) is 56.8 Å². The number of nitrogens with one attached hydrogen (secondary N) is 1. The normalized spacial score (nSPS) is 11.1. The monoisotopic (exact) mass is 481 g/mol. The van der Waals surface area contributed by atoms with E-state index in [1.165, 1.54) is 0 Å². The average molecular weight is 482 g/mol. The molecule has 0 atom stereocenters. The highest BCUT2D eigenvalue weighted by atomic mass is 16.6. The average Bonchev–Trinajstić information content (AvgIpc) is 2.95. The fourth-order valence-electron chi connectivity index (χ4n) is 4.12. The van der Waals surface area contributed by atoms with Crippen molar-refractivity contribution in [2.75, 3.05) is 26.4 Å². The Balaban J connectivity index is 1.33. The molecule has 0 aromatic heterocycles. The SMILES string of the molecule is O=C(NCCOCCOC(c1ccccc1)(c1ccccc1)c1ccccc1)OCc1ccccc1. The van der Waals surface area contributed by atoms with Crippen LogP contribution in [-0.4, -0.2) is 32.5 Å². The van der Waals surface area contributed by atoms with E-state index in [0.29, 0.717) is 26.4 Å². The minimum absolute atomic E-state index is 0.238. The summed E-state index contributed by atoms with van der Waals surface area (Å²) in [5.41, 5.74) is 3.31. The summed E-state index contributed by atoms with van der Waals surface area (Å²) in [6.07, 6.45) is -0.463. The largest absolute Gasteiger partial charge is 0.445 e. The van der Waals surface area contributed by atoms with Crippen LogP contribution in [0.2, 0.25) is 0 Å². The lowest BCUT2D eigenvalue weighted by Crippen LogP contribution is -2.34. The third-order valence-electron chi connectivity index (χ3n) is 5.82. The second kappa shape index (κ2) is 13.2. The van der Waals surface area contributed by atoms with Gasteiger partial charge in [0, 0.05) is 6.54 Å². The fourth-order valence-corrected chi connectivity index (χ4v) is 4.12. The van der Waals surface area contributed by atoms with Crippen LogP contribution in [-0.2, 0) is 26.4 Å². The third-order valence-corrected chi connectivity index (χ3v) is 5.82. The summed E-state index contributed by atoms with van der Waals surface area (Å²) in [5, 5.41) is 2.71. The number of hydrogen-bond donors (Lipinski definition) is 1. The predicted octanol–water partition coefficient (Wildman–Crippen LogP) is 5.94. The minimum Gasteiger partial charge on any atom is -0.445 e. The second-order valence-electron chi connectivity index (χ2n) is 8.23. The van der Waals surface area contributed by atoms with Crippen molar-refractivity contribution in [3.05, 3.63) is 144 Å². The standard InChI is InChI=1S/C31H31NO4/c33-30(35-25-26-13-5-1-6-14-26)32-21-22-34-23-24-36-31(27-15-7-2-8-16-27,28-17-9-3-10-18-28)29-19-11-4-12-20-29/h1-20H,21-25H2,(H,32,33). The highest BCUT2D eigenvalue weighted by Gasteiger charge is 2.37. The number of rotatable bonds is 12. The minimum atomic E-state index is -0.771. The van der Waals surface area contributed by atoms with Gasteiger partial charge in [0.1, 0.15) is 12.2 Å². The van der Waals surface area contributed by atoms with Crippen LogP contribution in [0.5, 0.6) is 0 Å². The molecule has 1 N–H and O–H groups in total. The molecule has 5 nitrogen and oxygen atoms in total.